The highest BCUT2D eigenvalue weighted by Gasteiger charge is 2.49. The van der Waals surface area contributed by atoms with Crippen LogP contribution in [0.15, 0.2) is 61.1 Å². The summed E-state index contributed by atoms with van der Waals surface area (Å²) < 4.78 is 4.17. The van der Waals surface area contributed by atoms with Crippen LogP contribution >= 0.6 is 0 Å². The number of nitrogens with zero attached hydrogens (tertiary/aromatic N) is 5. The Labute approximate surface area is 242 Å². The first kappa shape index (κ1) is 26.1. The van der Waals surface area contributed by atoms with Crippen molar-refractivity contribution in [3.63, 3.8) is 0 Å². The van der Waals surface area contributed by atoms with Gasteiger partial charge >= 0.3 is 5.97 Å². The molecule has 42 heavy (non-hydrogen) atoms. The minimum absolute atomic E-state index is 0.129. The SMILES string of the molecule is Cn1c(C2(NC(=O)c3ccc4c(C5CCCC5)c(-c5cnccn5)n(C)c4c3)CC2)nc2ccc(/C=C/C(=O)O)cc21. The van der Waals surface area contributed by atoms with Crippen molar-refractivity contribution in [1.82, 2.24) is 29.4 Å². The van der Waals surface area contributed by atoms with Gasteiger partial charge in [0.25, 0.3) is 5.91 Å². The lowest BCUT2D eigenvalue weighted by molar-refractivity contribution is -0.131. The third-order valence-electron chi connectivity index (χ3n) is 8.93. The molecule has 0 unspecified atom stereocenters. The number of hydrogen-bond acceptors (Lipinski definition) is 5. The van der Waals surface area contributed by atoms with Gasteiger partial charge in [-0.2, -0.15) is 0 Å². The second kappa shape index (κ2) is 9.94. The Morgan fingerprint density at radius 3 is 2.55 bits per heavy atom. The molecule has 0 radical (unpaired) electrons. The molecule has 2 saturated carbocycles. The number of amides is 1. The first-order valence-corrected chi connectivity index (χ1v) is 14.4. The number of hydrogen-bond donors (Lipinski definition) is 2. The van der Waals surface area contributed by atoms with Crippen molar-refractivity contribution in [2.24, 2.45) is 14.1 Å². The number of nitrogens with one attached hydrogen (secondary N) is 1. The summed E-state index contributed by atoms with van der Waals surface area (Å²) in [6.45, 7) is 0. The lowest BCUT2D eigenvalue weighted by Gasteiger charge is -2.17. The number of carboxylic acid groups (broad SMARTS) is 1. The number of carbonyl (C=O) groups excluding carboxylic acids is 1. The van der Waals surface area contributed by atoms with E-state index in [2.05, 4.69) is 25.9 Å². The number of carboxylic acids is 1. The van der Waals surface area contributed by atoms with E-state index in [4.69, 9.17) is 10.1 Å². The molecule has 0 spiro atoms. The van der Waals surface area contributed by atoms with Crippen molar-refractivity contribution >= 4 is 39.9 Å². The third kappa shape index (κ3) is 4.36. The maximum Gasteiger partial charge on any atom is 0.328 e. The minimum Gasteiger partial charge on any atom is -0.478 e. The molecule has 2 aliphatic carbocycles. The van der Waals surface area contributed by atoms with Crippen LogP contribution < -0.4 is 5.32 Å². The van der Waals surface area contributed by atoms with Crippen molar-refractivity contribution in [2.45, 2.75) is 50.0 Å². The van der Waals surface area contributed by atoms with Gasteiger partial charge in [-0.25, -0.2) is 9.78 Å². The van der Waals surface area contributed by atoms with Gasteiger partial charge in [0.2, 0.25) is 0 Å². The lowest BCUT2D eigenvalue weighted by Crippen LogP contribution is -2.36. The minimum atomic E-state index is -0.992. The molecule has 9 nitrogen and oxygen atoms in total. The van der Waals surface area contributed by atoms with Gasteiger partial charge in [-0.05, 0) is 73.1 Å². The maximum atomic E-state index is 13.7. The van der Waals surface area contributed by atoms with Crippen LogP contribution in [0, 0.1) is 0 Å². The second-order valence-electron chi connectivity index (χ2n) is 11.6. The number of aromatic nitrogens is 5. The van der Waals surface area contributed by atoms with E-state index in [1.807, 2.05) is 55.2 Å². The zero-order valence-electron chi connectivity index (χ0n) is 23.7. The number of rotatable bonds is 7. The summed E-state index contributed by atoms with van der Waals surface area (Å²) in [7, 11) is 3.99. The van der Waals surface area contributed by atoms with E-state index in [0.717, 1.165) is 71.1 Å². The van der Waals surface area contributed by atoms with E-state index >= 15 is 0 Å². The van der Waals surface area contributed by atoms with Crippen molar-refractivity contribution in [2.75, 3.05) is 0 Å². The van der Waals surface area contributed by atoms with Gasteiger partial charge in [0, 0.05) is 49.0 Å². The van der Waals surface area contributed by atoms with Gasteiger partial charge in [-0.3, -0.25) is 14.8 Å². The van der Waals surface area contributed by atoms with Crippen LogP contribution in [0.3, 0.4) is 0 Å². The lowest BCUT2D eigenvalue weighted by atomic mass is 9.93. The molecular formula is C33H32N6O3. The third-order valence-corrected chi connectivity index (χ3v) is 8.93. The van der Waals surface area contributed by atoms with Gasteiger partial charge in [-0.15, -0.1) is 0 Å². The number of carbonyl (C=O) groups is 2. The molecule has 2 N–H and O–H groups in total. The molecule has 2 aromatic carbocycles. The molecule has 2 fully saturated rings. The topological polar surface area (TPSA) is 115 Å². The zero-order valence-corrected chi connectivity index (χ0v) is 23.7. The Morgan fingerprint density at radius 1 is 1.02 bits per heavy atom. The standard InChI is InChI=1S/C33H32N6O3/c1-38-26-18-22(9-10-23(26)29(21-5-3-4-6-21)30(38)25-19-34-15-16-35-25)31(42)37-33(13-14-33)32-36-24-11-7-20(8-12-28(40)41)17-27(24)39(32)2/h7-12,15-19,21H,3-6,13-14H2,1-2H3,(H,37,42)(H,40,41)/b12-8+. The van der Waals surface area contributed by atoms with Gasteiger partial charge in [0.15, 0.2) is 0 Å². The van der Waals surface area contributed by atoms with Crippen LogP contribution in [0.5, 0.6) is 0 Å². The van der Waals surface area contributed by atoms with Gasteiger partial charge in [0.05, 0.1) is 28.5 Å². The van der Waals surface area contributed by atoms with Crippen molar-refractivity contribution < 1.29 is 14.7 Å². The Kier molecular flexibility index (Phi) is 6.18. The predicted octanol–water partition coefficient (Wildman–Crippen LogP) is 5.70. The van der Waals surface area contributed by atoms with E-state index in [1.165, 1.54) is 23.8 Å². The first-order valence-electron chi connectivity index (χ1n) is 14.4. The average Bonchev–Trinajstić information content (AvgIpc) is 3.30. The Bertz CT molecular complexity index is 1890. The number of aryl methyl sites for hydroxylation is 2. The molecule has 1 amide bonds. The summed E-state index contributed by atoms with van der Waals surface area (Å²) in [4.78, 5) is 38.5. The number of benzene rings is 2. The summed E-state index contributed by atoms with van der Waals surface area (Å²) in [6, 6.07) is 11.7. The Hall–Kier alpha value is -4.79. The summed E-state index contributed by atoms with van der Waals surface area (Å²) in [5.74, 6) is 0.154. The normalized spacial score (nSPS) is 16.5. The molecule has 9 heteroatoms. The van der Waals surface area contributed by atoms with E-state index in [9.17, 15) is 9.59 Å². The van der Waals surface area contributed by atoms with Gasteiger partial charge in [-0.1, -0.05) is 25.0 Å². The molecule has 2 aliphatic rings. The monoisotopic (exact) mass is 560 g/mol. The smallest absolute Gasteiger partial charge is 0.328 e. The molecule has 5 aromatic rings. The summed E-state index contributed by atoms with van der Waals surface area (Å²) in [5, 5.41) is 13.5. The van der Waals surface area contributed by atoms with E-state index < -0.39 is 11.5 Å². The predicted molar refractivity (Wildman–Crippen MR) is 161 cm³/mol. The summed E-state index contributed by atoms with van der Waals surface area (Å²) >= 11 is 0. The molecule has 0 aliphatic heterocycles. The first-order chi connectivity index (χ1) is 20.3. The highest BCUT2D eigenvalue weighted by atomic mass is 16.4. The molecule has 7 rings (SSSR count). The van der Waals surface area contributed by atoms with E-state index in [1.54, 1.807) is 18.5 Å². The van der Waals surface area contributed by atoms with Crippen LogP contribution in [0.2, 0.25) is 0 Å². The molecule has 3 heterocycles. The summed E-state index contributed by atoms with van der Waals surface area (Å²) in [6.07, 6.45) is 14.3. The fourth-order valence-corrected chi connectivity index (χ4v) is 6.69. The van der Waals surface area contributed by atoms with Crippen LogP contribution in [0.1, 0.15) is 71.8 Å². The van der Waals surface area contributed by atoms with Crippen molar-refractivity contribution in [1.29, 1.82) is 0 Å². The largest absolute Gasteiger partial charge is 0.478 e. The van der Waals surface area contributed by atoms with Crippen LogP contribution in [-0.4, -0.2) is 41.1 Å². The number of aliphatic carboxylic acids is 1. The highest BCUT2D eigenvalue weighted by Crippen LogP contribution is 2.47. The molecule has 0 saturated heterocycles. The van der Waals surface area contributed by atoms with Crippen LogP contribution in [-0.2, 0) is 24.4 Å². The van der Waals surface area contributed by atoms with Crippen molar-refractivity contribution in [3.8, 4) is 11.4 Å². The van der Waals surface area contributed by atoms with E-state index in [-0.39, 0.29) is 5.91 Å². The maximum absolute atomic E-state index is 13.7. The highest BCUT2D eigenvalue weighted by molar-refractivity contribution is 6.01. The average molecular weight is 561 g/mol. The molecule has 0 atom stereocenters. The van der Waals surface area contributed by atoms with E-state index in [0.29, 0.717) is 11.5 Å². The zero-order chi connectivity index (χ0) is 29.0. The molecular weight excluding hydrogens is 528 g/mol. The molecule has 212 valence electrons. The van der Waals surface area contributed by atoms with Crippen LogP contribution in [0.4, 0.5) is 0 Å². The molecule has 3 aromatic heterocycles. The fourth-order valence-electron chi connectivity index (χ4n) is 6.69. The second-order valence-corrected chi connectivity index (χ2v) is 11.6. The van der Waals surface area contributed by atoms with Crippen molar-refractivity contribution in [3.05, 3.63) is 83.6 Å². The van der Waals surface area contributed by atoms with Crippen LogP contribution in [0.25, 0.3) is 39.4 Å². The molecule has 0 bridgehead atoms. The van der Waals surface area contributed by atoms with Gasteiger partial charge < -0.3 is 19.6 Å². The quantitative estimate of drug-likeness (QED) is 0.247. The number of imidazole rings is 1. The van der Waals surface area contributed by atoms with Gasteiger partial charge in [0.1, 0.15) is 11.5 Å². The Morgan fingerprint density at radius 2 is 1.83 bits per heavy atom. The summed E-state index contributed by atoms with van der Waals surface area (Å²) in [5.41, 5.74) is 6.81. The fraction of sp³-hybridized carbons (Fsp3) is 0.303. The Balaban J connectivity index is 1.23. The number of fused-ring (bicyclic) bond motifs is 2.